The summed E-state index contributed by atoms with van der Waals surface area (Å²) < 4.78 is 13.7. The molecule has 4 aliphatic rings. The van der Waals surface area contributed by atoms with Gasteiger partial charge in [-0.3, -0.25) is 24.1 Å². The maximum atomic E-state index is 14.3. The van der Waals surface area contributed by atoms with Gasteiger partial charge in [-0.05, 0) is 72.2 Å². The van der Waals surface area contributed by atoms with E-state index >= 15 is 0 Å². The van der Waals surface area contributed by atoms with Gasteiger partial charge in [0.05, 0.1) is 24.1 Å². The zero-order valence-electron chi connectivity index (χ0n) is 21.9. The van der Waals surface area contributed by atoms with Crippen molar-refractivity contribution in [1.29, 1.82) is 0 Å². The summed E-state index contributed by atoms with van der Waals surface area (Å²) in [7, 11) is 0. The van der Waals surface area contributed by atoms with Crippen LogP contribution in [0.3, 0.4) is 0 Å². The number of allylic oxidation sites excluding steroid dienone is 2. The number of benzene rings is 2. The number of amides is 4. The third-order valence-corrected chi connectivity index (χ3v) is 11.4. The quantitative estimate of drug-likeness (QED) is 0.240. The first-order valence-corrected chi connectivity index (χ1v) is 15.1. The highest BCUT2D eigenvalue weighted by Crippen LogP contribution is 2.65. The smallest absolute Gasteiger partial charge is 0.258 e. The minimum Gasteiger partial charge on any atom is -0.508 e. The Hall–Kier alpha value is -3.53. The first-order chi connectivity index (χ1) is 20.1. The summed E-state index contributed by atoms with van der Waals surface area (Å²) in [4.78, 5) is 54.9. The SMILES string of the molecule is O=C1C2CC=C3C(CC4(Cl)C(=O)N(c5ccc(F)cc5)C(=O)C4(Cl)C3c3ccc(O)cc3)C2C(=O)N1Cc1cccs1. The molecule has 6 unspecified atom stereocenters. The molecule has 3 heterocycles. The minimum absolute atomic E-state index is 0.00731. The Labute approximate surface area is 254 Å². The van der Waals surface area contributed by atoms with Crippen molar-refractivity contribution >= 4 is 63.9 Å². The number of carbonyl (C=O) groups excluding carboxylic acids is 4. The summed E-state index contributed by atoms with van der Waals surface area (Å²) in [5.74, 6) is -5.71. The van der Waals surface area contributed by atoms with E-state index < -0.39 is 51.1 Å². The molecule has 214 valence electrons. The Kier molecular flexibility index (Phi) is 6.17. The first-order valence-electron chi connectivity index (χ1n) is 13.4. The van der Waals surface area contributed by atoms with E-state index in [1.165, 1.54) is 40.5 Å². The average Bonchev–Trinajstić information content (AvgIpc) is 3.61. The number of imide groups is 2. The second-order valence-electron chi connectivity index (χ2n) is 11.2. The lowest BCUT2D eigenvalue weighted by Gasteiger charge is -2.50. The largest absolute Gasteiger partial charge is 0.508 e. The van der Waals surface area contributed by atoms with Crippen LogP contribution in [0, 0.1) is 23.6 Å². The van der Waals surface area contributed by atoms with E-state index in [0.717, 1.165) is 21.9 Å². The molecular weight excluding hydrogens is 602 g/mol. The van der Waals surface area contributed by atoms with E-state index in [1.54, 1.807) is 12.1 Å². The fourth-order valence-corrected chi connectivity index (χ4v) is 8.85. The third kappa shape index (κ3) is 3.63. The number of phenolic OH excluding ortho intramolecular Hbond substituents is 1. The number of halogens is 3. The molecule has 2 aliphatic heterocycles. The monoisotopic (exact) mass is 624 g/mol. The Bertz CT molecular complexity index is 1680. The lowest BCUT2D eigenvalue weighted by atomic mass is 9.56. The number of rotatable bonds is 4. The molecule has 1 N–H and O–H groups in total. The van der Waals surface area contributed by atoms with Gasteiger partial charge in [0.1, 0.15) is 11.6 Å². The number of fused-ring (bicyclic) bond motifs is 4. The molecule has 11 heteroatoms. The van der Waals surface area contributed by atoms with Crippen LogP contribution in [-0.2, 0) is 25.7 Å². The molecule has 4 amide bonds. The van der Waals surface area contributed by atoms with Gasteiger partial charge in [0, 0.05) is 10.8 Å². The van der Waals surface area contributed by atoms with Crippen LogP contribution >= 0.6 is 34.5 Å². The van der Waals surface area contributed by atoms with Gasteiger partial charge < -0.3 is 5.11 Å². The van der Waals surface area contributed by atoms with Gasteiger partial charge in [-0.15, -0.1) is 34.5 Å². The van der Waals surface area contributed by atoms with Crippen molar-refractivity contribution in [3.8, 4) is 5.75 Å². The van der Waals surface area contributed by atoms with Gasteiger partial charge in [0.25, 0.3) is 11.8 Å². The second kappa shape index (κ2) is 9.49. The predicted octanol–water partition coefficient (Wildman–Crippen LogP) is 5.36. The standard InChI is InChI=1S/C31H23Cl2FN2O5S/c32-30-14-23-21(11-12-22-24(23)27(39)35(26(22)38)15-20-2-1-13-42-20)25(16-3-9-19(37)10-4-16)31(30,33)29(41)36(28(30)40)18-7-5-17(34)6-8-18/h1-11,13,22-25,37H,12,14-15H2. The zero-order valence-corrected chi connectivity index (χ0v) is 24.2. The van der Waals surface area contributed by atoms with Gasteiger partial charge in [-0.2, -0.15) is 0 Å². The summed E-state index contributed by atoms with van der Waals surface area (Å²) in [6.45, 7) is 0.160. The number of nitrogens with zero attached hydrogens (tertiary/aromatic N) is 2. The van der Waals surface area contributed by atoms with Crippen LogP contribution < -0.4 is 4.90 Å². The number of alkyl halides is 2. The number of aromatic hydroxyl groups is 1. The minimum atomic E-state index is -2.01. The Morgan fingerprint density at radius 1 is 0.929 bits per heavy atom. The highest BCUT2D eigenvalue weighted by molar-refractivity contribution is 7.09. The van der Waals surface area contributed by atoms with E-state index in [9.17, 15) is 28.7 Å². The molecule has 7 rings (SSSR count). The van der Waals surface area contributed by atoms with Gasteiger partial charge in [0.2, 0.25) is 11.8 Å². The summed E-state index contributed by atoms with van der Waals surface area (Å²) in [6, 6.07) is 14.7. The molecule has 3 aromatic rings. The highest BCUT2D eigenvalue weighted by Gasteiger charge is 2.76. The van der Waals surface area contributed by atoms with E-state index in [4.69, 9.17) is 23.2 Å². The number of anilines is 1. The molecule has 1 saturated carbocycles. The highest BCUT2D eigenvalue weighted by atomic mass is 35.5. The van der Waals surface area contributed by atoms with E-state index in [1.807, 2.05) is 23.6 Å². The molecule has 2 aromatic carbocycles. The molecule has 2 saturated heterocycles. The Morgan fingerprint density at radius 2 is 1.64 bits per heavy atom. The van der Waals surface area contributed by atoms with E-state index in [0.29, 0.717) is 11.1 Å². The van der Waals surface area contributed by atoms with E-state index in [2.05, 4.69) is 0 Å². The summed E-state index contributed by atoms with van der Waals surface area (Å²) >= 11 is 16.0. The molecule has 7 nitrogen and oxygen atoms in total. The van der Waals surface area contributed by atoms with Gasteiger partial charge in [-0.25, -0.2) is 9.29 Å². The molecule has 0 spiro atoms. The molecule has 42 heavy (non-hydrogen) atoms. The maximum absolute atomic E-state index is 14.3. The van der Waals surface area contributed by atoms with Crippen molar-refractivity contribution in [2.75, 3.05) is 4.90 Å². The lowest BCUT2D eigenvalue weighted by Crippen LogP contribution is -2.60. The number of hydrogen-bond acceptors (Lipinski definition) is 6. The molecule has 6 atom stereocenters. The molecule has 1 aromatic heterocycles. The fourth-order valence-electron chi connectivity index (χ4n) is 7.22. The van der Waals surface area contributed by atoms with Crippen LogP contribution in [0.1, 0.15) is 29.2 Å². The second-order valence-corrected chi connectivity index (χ2v) is 13.5. The third-order valence-electron chi connectivity index (χ3n) is 9.11. The van der Waals surface area contributed by atoms with Crippen LogP contribution in [0.2, 0.25) is 0 Å². The number of hydrogen-bond donors (Lipinski definition) is 1. The van der Waals surface area contributed by atoms with Crippen molar-refractivity contribution < 1.29 is 28.7 Å². The van der Waals surface area contributed by atoms with Gasteiger partial charge >= 0.3 is 0 Å². The van der Waals surface area contributed by atoms with Crippen LogP contribution in [0.4, 0.5) is 10.1 Å². The topological polar surface area (TPSA) is 95.0 Å². The van der Waals surface area contributed by atoms with Crippen LogP contribution in [0.25, 0.3) is 0 Å². The molecule has 2 aliphatic carbocycles. The van der Waals surface area contributed by atoms with Gasteiger partial charge in [0.15, 0.2) is 9.75 Å². The van der Waals surface area contributed by atoms with E-state index in [-0.39, 0.29) is 42.6 Å². The normalized spacial score (nSPS) is 32.1. The summed E-state index contributed by atoms with van der Waals surface area (Å²) in [6.07, 6.45) is 1.98. The van der Waals surface area contributed by atoms with Crippen molar-refractivity contribution in [2.45, 2.75) is 35.1 Å². The van der Waals surface area contributed by atoms with Crippen LogP contribution in [0.5, 0.6) is 5.75 Å². The van der Waals surface area contributed by atoms with Crippen molar-refractivity contribution in [3.05, 3.63) is 94.0 Å². The average molecular weight is 626 g/mol. The summed E-state index contributed by atoms with van der Waals surface area (Å²) in [5, 5.41) is 11.9. The number of phenols is 1. The number of thiophene rings is 1. The lowest BCUT2D eigenvalue weighted by molar-refractivity contribution is -0.141. The predicted molar refractivity (Wildman–Crippen MR) is 155 cm³/mol. The van der Waals surface area contributed by atoms with Crippen LogP contribution in [0.15, 0.2) is 77.7 Å². The van der Waals surface area contributed by atoms with Gasteiger partial charge in [-0.1, -0.05) is 29.8 Å². The molecular formula is C31H23Cl2FN2O5S. The maximum Gasteiger partial charge on any atom is 0.258 e. The van der Waals surface area contributed by atoms with Crippen LogP contribution in [-0.4, -0.2) is 43.4 Å². The fraction of sp³-hybridized carbons (Fsp3) is 0.290. The number of likely N-dealkylation sites (tertiary alicyclic amines) is 1. The Balaban J connectivity index is 1.37. The molecule has 0 radical (unpaired) electrons. The first kappa shape index (κ1) is 27.3. The Morgan fingerprint density at radius 3 is 2.31 bits per heavy atom. The van der Waals surface area contributed by atoms with Crippen molar-refractivity contribution in [2.24, 2.45) is 17.8 Å². The molecule has 3 fully saturated rings. The zero-order chi connectivity index (χ0) is 29.6. The van der Waals surface area contributed by atoms with Crippen molar-refractivity contribution in [3.63, 3.8) is 0 Å². The molecule has 0 bridgehead atoms. The van der Waals surface area contributed by atoms with Crippen molar-refractivity contribution in [1.82, 2.24) is 4.90 Å². The number of carbonyl (C=O) groups is 4. The summed E-state index contributed by atoms with van der Waals surface area (Å²) in [5.41, 5.74) is 1.31.